The molecule has 0 aliphatic carbocycles. The number of rotatable bonds is 5. The van der Waals surface area contributed by atoms with Crippen molar-refractivity contribution < 1.29 is 4.74 Å². The molecule has 30 heavy (non-hydrogen) atoms. The van der Waals surface area contributed by atoms with Crippen LogP contribution in [0, 0.1) is 0 Å². The maximum atomic E-state index is 5.54. The van der Waals surface area contributed by atoms with Gasteiger partial charge in [-0.1, -0.05) is 6.07 Å². The molecule has 0 unspecified atom stereocenters. The van der Waals surface area contributed by atoms with E-state index in [0.29, 0.717) is 11.7 Å². The number of imidazole rings is 1. The number of H-pyrrole nitrogens is 1. The molecule has 156 valence electrons. The van der Waals surface area contributed by atoms with Gasteiger partial charge in [-0.05, 0) is 18.2 Å². The first-order valence-corrected chi connectivity index (χ1v) is 10.3. The Kier molecular flexibility index (Phi) is 5.10. The molecule has 3 N–H and O–H groups in total. The number of fused-ring (bicyclic) bond motifs is 1. The van der Waals surface area contributed by atoms with Crippen LogP contribution in [0.15, 0.2) is 36.8 Å². The number of piperazine rings is 1. The van der Waals surface area contributed by atoms with Crippen molar-refractivity contribution in [1.29, 1.82) is 0 Å². The number of anilines is 4. The summed E-state index contributed by atoms with van der Waals surface area (Å²) in [5.41, 5.74) is 4.43. The summed E-state index contributed by atoms with van der Waals surface area (Å²) in [5, 5.41) is 6.75. The number of hydrogen-bond donors (Lipinski definition) is 3. The average Bonchev–Trinajstić information content (AvgIpc) is 3.28. The third kappa shape index (κ3) is 3.76. The van der Waals surface area contributed by atoms with E-state index in [1.165, 1.54) is 5.69 Å². The third-order valence-electron chi connectivity index (χ3n) is 5.62. The Morgan fingerprint density at radius 3 is 2.87 bits per heavy atom. The Labute approximate surface area is 175 Å². The molecule has 0 radical (unpaired) electrons. The molecule has 0 spiro atoms. The number of nitrogens with zero attached hydrogens (tertiary/aromatic N) is 5. The van der Waals surface area contributed by atoms with E-state index in [1.807, 2.05) is 6.07 Å². The SMILES string of the molecule is COc1cnc(Nc2cccc(N3CCNCC3)c2)nc1N1CCc2nc[nH]c2C1. The average molecular weight is 406 g/mol. The highest BCUT2D eigenvalue weighted by Crippen LogP contribution is 2.31. The van der Waals surface area contributed by atoms with Crippen LogP contribution in [0.5, 0.6) is 5.75 Å². The first kappa shape index (κ1) is 18.7. The van der Waals surface area contributed by atoms with E-state index in [9.17, 15) is 0 Å². The second-order valence-corrected chi connectivity index (χ2v) is 7.50. The summed E-state index contributed by atoms with van der Waals surface area (Å²) in [5.74, 6) is 2.00. The Morgan fingerprint density at radius 2 is 2.00 bits per heavy atom. The Balaban J connectivity index is 1.37. The van der Waals surface area contributed by atoms with Crippen LogP contribution in [0.2, 0.25) is 0 Å². The molecule has 0 bridgehead atoms. The Hall–Kier alpha value is -3.33. The second kappa shape index (κ2) is 8.19. The molecule has 9 heteroatoms. The molecule has 1 aromatic carbocycles. The van der Waals surface area contributed by atoms with Gasteiger partial charge in [-0.25, -0.2) is 9.97 Å². The predicted octanol–water partition coefficient (Wildman–Crippen LogP) is 1.92. The van der Waals surface area contributed by atoms with Crippen LogP contribution in [-0.2, 0) is 13.0 Å². The van der Waals surface area contributed by atoms with Gasteiger partial charge in [-0.15, -0.1) is 0 Å². The summed E-state index contributed by atoms with van der Waals surface area (Å²) in [6.45, 7) is 5.60. The molecule has 5 rings (SSSR count). The highest BCUT2D eigenvalue weighted by molar-refractivity contribution is 5.64. The van der Waals surface area contributed by atoms with Gasteiger partial charge in [-0.3, -0.25) is 0 Å². The Bertz CT molecular complexity index is 1010. The number of hydrogen-bond acceptors (Lipinski definition) is 8. The number of nitrogens with one attached hydrogen (secondary N) is 3. The van der Waals surface area contributed by atoms with Crippen molar-refractivity contribution in [2.24, 2.45) is 0 Å². The van der Waals surface area contributed by atoms with Crippen LogP contribution >= 0.6 is 0 Å². The molecule has 0 amide bonds. The van der Waals surface area contributed by atoms with Crippen molar-refractivity contribution in [3.8, 4) is 5.75 Å². The molecule has 1 saturated heterocycles. The largest absolute Gasteiger partial charge is 0.491 e. The van der Waals surface area contributed by atoms with E-state index in [-0.39, 0.29) is 0 Å². The monoisotopic (exact) mass is 406 g/mol. The molecule has 4 heterocycles. The normalized spacial score (nSPS) is 16.3. The maximum absolute atomic E-state index is 5.54. The summed E-state index contributed by atoms with van der Waals surface area (Å²) in [7, 11) is 1.65. The van der Waals surface area contributed by atoms with Gasteiger partial charge in [0.25, 0.3) is 0 Å². The summed E-state index contributed by atoms with van der Waals surface area (Å²) >= 11 is 0. The van der Waals surface area contributed by atoms with Crippen molar-refractivity contribution in [3.05, 3.63) is 48.2 Å². The standard InChI is InChI=1S/C21H26N8O/c1-30-19-12-23-21(27-20(19)29-8-5-17-18(13-29)25-14-24-17)26-15-3-2-4-16(11-15)28-9-6-22-7-10-28/h2-4,11-12,14,22H,5-10,13H2,1H3,(H,24,25)(H,23,26,27). The van der Waals surface area contributed by atoms with E-state index in [2.05, 4.69) is 53.6 Å². The quantitative estimate of drug-likeness (QED) is 0.592. The van der Waals surface area contributed by atoms with Gasteiger partial charge < -0.3 is 30.2 Å². The zero-order valence-corrected chi connectivity index (χ0v) is 17.1. The summed E-state index contributed by atoms with van der Waals surface area (Å²) in [6.07, 6.45) is 4.36. The first-order chi connectivity index (χ1) is 14.8. The first-order valence-electron chi connectivity index (χ1n) is 10.3. The van der Waals surface area contributed by atoms with Gasteiger partial charge >= 0.3 is 0 Å². The van der Waals surface area contributed by atoms with Gasteiger partial charge in [0.15, 0.2) is 11.6 Å². The second-order valence-electron chi connectivity index (χ2n) is 7.50. The van der Waals surface area contributed by atoms with Gasteiger partial charge in [0, 0.05) is 50.5 Å². The maximum Gasteiger partial charge on any atom is 0.229 e. The zero-order valence-electron chi connectivity index (χ0n) is 17.1. The molecule has 2 aromatic heterocycles. The van der Waals surface area contributed by atoms with Crippen molar-refractivity contribution in [2.45, 2.75) is 13.0 Å². The van der Waals surface area contributed by atoms with Gasteiger partial charge in [0.05, 0.1) is 37.6 Å². The van der Waals surface area contributed by atoms with Crippen molar-refractivity contribution in [2.75, 3.05) is 55.0 Å². The molecule has 1 fully saturated rings. The minimum Gasteiger partial charge on any atom is -0.491 e. The van der Waals surface area contributed by atoms with Crippen LogP contribution in [0.3, 0.4) is 0 Å². The minimum atomic E-state index is 0.554. The van der Waals surface area contributed by atoms with E-state index in [0.717, 1.165) is 68.6 Å². The molecular formula is C21H26N8O. The van der Waals surface area contributed by atoms with Crippen LogP contribution in [0.4, 0.5) is 23.1 Å². The molecule has 0 saturated carbocycles. The number of aromatic nitrogens is 4. The smallest absolute Gasteiger partial charge is 0.229 e. The van der Waals surface area contributed by atoms with Crippen molar-refractivity contribution in [1.82, 2.24) is 25.3 Å². The lowest BCUT2D eigenvalue weighted by atomic mass is 10.1. The number of aromatic amines is 1. The summed E-state index contributed by atoms with van der Waals surface area (Å²) in [6, 6.07) is 8.40. The van der Waals surface area contributed by atoms with Crippen molar-refractivity contribution in [3.63, 3.8) is 0 Å². The highest BCUT2D eigenvalue weighted by atomic mass is 16.5. The van der Waals surface area contributed by atoms with E-state index < -0.39 is 0 Å². The molecule has 2 aliphatic rings. The van der Waals surface area contributed by atoms with Crippen LogP contribution in [0.25, 0.3) is 0 Å². The lowest BCUT2D eigenvalue weighted by Crippen LogP contribution is -2.43. The molecule has 2 aliphatic heterocycles. The highest BCUT2D eigenvalue weighted by Gasteiger charge is 2.23. The van der Waals surface area contributed by atoms with Crippen molar-refractivity contribution >= 4 is 23.1 Å². The Morgan fingerprint density at radius 1 is 1.10 bits per heavy atom. The fraction of sp³-hybridized carbons (Fsp3) is 0.381. The van der Waals surface area contributed by atoms with E-state index >= 15 is 0 Å². The molecule has 9 nitrogen and oxygen atoms in total. The topological polar surface area (TPSA) is 94.2 Å². The predicted molar refractivity (Wildman–Crippen MR) is 117 cm³/mol. The fourth-order valence-corrected chi connectivity index (χ4v) is 4.02. The third-order valence-corrected chi connectivity index (χ3v) is 5.62. The zero-order chi connectivity index (χ0) is 20.3. The van der Waals surface area contributed by atoms with E-state index in [1.54, 1.807) is 19.6 Å². The molecule has 3 aromatic rings. The number of ether oxygens (including phenoxy) is 1. The van der Waals surface area contributed by atoms with E-state index in [4.69, 9.17) is 9.72 Å². The van der Waals surface area contributed by atoms with Crippen LogP contribution in [0.1, 0.15) is 11.4 Å². The minimum absolute atomic E-state index is 0.554. The lowest BCUT2D eigenvalue weighted by molar-refractivity contribution is 0.409. The van der Waals surface area contributed by atoms with Gasteiger partial charge in [0.1, 0.15) is 0 Å². The van der Waals surface area contributed by atoms with Gasteiger partial charge in [-0.2, -0.15) is 4.98 Å². The van der Waals surface area contributed by atoms with Crippen LogP contribution in [-0.4, -0.2) is 59.8 Å². The molecular weight excluding hydrogens is 380 g/mol. The fourth-order valence-electron chi connectivity index (χ4n) is 4.02. The number of benzene rings is 1. The van der Waals surface area contributed by atoms with Gasteiger partial charge in [0.2, 0.25) is 5.95 Å². The summed E-state index contributed by atoms with van der Waals surface area (Å²) in [4.78, 5) is 21.4. The molecule has 0 atom stereocenters. The lowest BCUT2D eigenvalue weighted by Gasteiger charge is -2.30. The summed E-state index contributed by atoms with van der Waals surface area (Å²) < 4.78 is 5.54. The van der Waals surface area contributed by atoms with Crippen LogP contribution < -0.4 is 25.2 Å². The number of methoxy groups -OCH3 is 1.